The molecule has 2 amide bonds. The molecule has 2 aromatic heterocycles. The number of carbonyl (C=O) groups is 2. The SMILES string of the molecule is CCc1cc2c(N3CCN(C(=O)C4CCN(C(=O)OC(C)(C)C)CC4)CC3)ncnc2s1. The highest BCUT2D eigenvalue weighted by Gasteiger charge is 2.33. The predicted molar refractivity (Wildman–Crippen MR) is 126 cm³/mol. The second-order valence-electron chi connectivity index (χ2n) is 9.54. The molecule has 2 fully saturated rings. The maximum absolute atomic E-state index is 13.1. The van der Waals surface area contributed by atoms with Crippen LogP contribution in [0.2, 0.25) is 0 Å². The van der Waals surface area contributed by atoms with E-state index in [2.05, 4.69) is 27.9 Å². The second kappa shape index (κ2) is 9.21. The van der Waals surface area contributed by atoms with Gasteiger partial charge in [0.2, 0.25) is 5.91 Å². The number of nitrogens with zero attached hydrogens (tertiary/aromatic N) is 5. The number of anilines is 1. The monoisotopic (exact) mass is 459 g/mol. The normalized spacial score (nSPS) is 18.3. The third-order valence-corrected chi connectivity index (χ3v) is 7.28. The molecule has 0 atom stereocenters. The molecule has 0 aliphatic carbocycles. The van der Waals surface area contributed by atoms with E-state index >= 15 is 0 Å². The van der Waals surface area contributed by atoms with Crippen LogP contribution in [0.1, 0.15) is 45.4 Å². The average Bonchev–Trinajstić information content (AvgIpc) is 3.21. The van der Waals surface area contributed by atoms with E-state index in [4.69, 9.17) is 4.74 Å². The van der Waals surface area contributed by atoms with Crippen molar-refractivity contribution in [2.45, 2.75) is 52.6 Å². The lowest BCUT2D eigenvalue weighted by molar-refractivity contribution is -0.137. The summed E-state index contributed by atoms with van der Waals surface area (Å²) in [6.07, 6.45) is 3.74. The van der Waals surface area contributed by atoms with Gasteiger partial charge in [0.1, 0.15) is 22.6 Å². The molecular weight excluding hydrogens is 426 g/mol. The highest BCUT2D eigenvalue weighted by molar-refractivity contribution is 7.18. The molecule has 2 aliphatic heterocycles. The van der Waals surface area contributed by atoms with Crippen LogP contribution < -0.4 is 4.90 Å². The number of piperazine rings is 1. The number of hydrogen-bond acceptors (Lipinski definition) is 7. The van der Waals surface area contributed by atoms with Crippen molar-refractivity contribution in [3.8, 4) is 0 Å². The van der Waals surface area contributed by atoms with E-state index in [1.54, 1.807) is 22.6 Å². The molecule has 8 nitrogen and oxygen atoms in total. The van der Waals surface area contributed by atoms with Crippen molar-refractivity contribution in [1.29, 1.82) is 0 Å². The number of hydrogen-bond donors (Lipinski definition) is 0. The minimum Gasteiger partial charge on any atom is -0.444 e. The molecule has 9 heteroatoms. The van der Waals surface area contributed by atoms with Crippen molar-refractivity contribution in [3.63, 3.8) is 0 Å². The smallest absolute Gasteiger partial charge is 0.410 e. The number of rotatable bonds is 3. The highest BCUT2D eigenvalue weighted by atomic mass is 32.1. The van der Waals surface area contributed by atoms with Gasteiger partial charge >= 0.3 is 6.09 Å². The standard InChI is InChI=1S/C23H33N5O3S/c1-5-17-14-18-19(24-15-25-20(18)32-17)26-10-12-27(13-11-26)21(29)16-6-8-28(9-7-16)22(30)31-23(2,3)4/h14-16H,5-13H2,1-4H3. The Labute approximate surface area is 193 Å². The van der Waals surface area contributed by atoms with E-state index in [0.29, 0.717) is 39.0 Å². The Bertz CT molecular complexity index is 970. The Balaban J connectivity index is 1.31. The van der Waals surface area contributed by atoms with Crippen LogP contribution in [0.3, 0.4) is 0 Å². The van der Waals surface area contributed by atoms with Gasteiger partial charge < -0.3 is 19.4 Å². The molecule has 2 aliphatic rings. The zero-order valence-electron chi connectivity index (χ0n) is 19.5. The summed E-state index contributed by atoms with van der Waals surface area (Å²) < 4.78 is 5.46. The van der Waals surface area contributed by atoms with Crippen molar-refractivity contribution >= 4 is 39.4 Å². The Morgan fingerprint density at radius 3 is 2.38 bits per heavy atom. The minimum absolute atomic E-state index is 0.0185. The van der Waals surface area contributed by atoms with Crippen molar-refractivity contribution in [2.24, 2.45) is 5.92 Å². The number of amides is 2. The highest BCUT2D eigenvalue weighted by Crippen LogP contribution is 2.31. The van der Waals surface area contributed by atoms with E-state index in [1.807, 2.05) is 25.7 Å². The van der Waals surface area contributed by atoms with Crippen LogP contribution in [0.5, 0.6) is 0 Å². The average molecular weight is 460 g/mol. The van der Waals surface area contributed by atoms with E-state index < -0.39 is 5.60 Å². The second-order valence-corrected chi connectivity index (χ2v) is 10.7. The number of fused-ring (bicyclic) bond motifs is 1. The summed E-state index contributed by atoms with van der Waals surface area (Å²) in [5.41, 5.74) is -0.500. The Morgan fingerprint density at radius 1 is 1.06 bits per heavy atom. The molecule has 174 valence electrons. The molecule has 4 rings (SSSR count). The fraction of sp³-hybridized carbons (Fsp3) is 0.652. The molecule has 0 bridgehead atoms. The lowest BCUT2D eigenvalue weighted by Crippen LogP contribution is -2.52. The fourth-order valence-corrected chi connectivity index (χ4v) is 5.28. The maximum Gasteiger partial charge on any atom is 0.410 e. The summed E-state index contributed by atoms with van der Waals surface area (Å²) in [6, 6.07) is 2.20. The van der Waals surface area contributed by atoms with Gasteiger partial charge in [0.05, 0.1) is 5.39 Å². The van der Waals surface area contributed by atoms with E-state index in [9.17, 15) is 9.59 Å². The van der Waals surface area contributed by atoms with Crippen LogP contribution in [-0.2, 0) is 16.0 Å². The summed E-state index contributed by atoms with van der Waals surface area (Å²) >= 11 is 1.73. The van der Waals surface area contributed by atoms with Gasteiger partial charge in [-0.25, -0.2) is 14.8 Å². The number of thiophene rings is 1. The third-order valence-electron chi connectivity index (χ3n) is 6.09. The molecule has 0 aromatic carbocycles. The van der Waals surface area contributed by atoms with Crippen LogP contribution in [0, 0.1) is 5.92 Å². The Kier molecular flexibility index (Phi) is 6.55. The topological polar surface area (TPSA) is 78.9 Å². The van der Waals surface area contributed by atoms with Crippen LogP contribution >= 0.6 is 11.3 Å². The third kappa shape index (κ3) is 4.98. The summed E-state index contributed by atoms with van der Waals surface area (Å²) in [4.78, 5) is 42.7. The lowest BCUT2D eigenvalue weighted by atomic mass is 9.95. The number of piperidine rings is 1. The van der Waals surface area contributed by atoms with Gasteiger partial charge in [-0.15, -0.1) is 11.3 Å². The number of aromatic nitrogens is 2. The Hall–Kier alpha value is -2.42. The van der Waals surface area contributed by atoms with E-state index in [-0.39, 0.29) is 17.9 Å². The molecule has 0 saturated carbocycles. The molecule has 2 saturated heterocycles. The molecule has 0 radical (unpaired) electrons. The number of aryl methyl sites for hydroxylation is 1. The van der Waals surface area contributed by atoms with Gasteiger partial charge in [-0.3, -0.25) is 4.79 Å². The number of carbonyl (C=O) groups excluding carboxylic acids is 2. The number of likely N-dealkylation sites (tertiary alicyclic amines) is 1. The zero-order chi connectivity index (χ0) is 22.9. The molecule has 2 aromatic rings. The minimum atomic E-state index is -0.500. The largest absolute Gasteiger partial charge is 0.444 e. The first-order valence-corrected chi connectivity index (χ1v) is 12.3. The number of ether oxygens (including phenoxy) is 1. The Morgan fingerprint density at radius 2 is 1.75 bits per heavy atom. The summed E-state index contributed by atoms with van der Waals surface area (Å²) in [7, 11) is 0. The van der Waals surface area contributed by atoms with Crippen molar-refractivity contribution in [3.05, 3.63) is 17.3 Å². The van der Waals surface area contributed by atoms with Gasteiger partial charge in [-0.2, -0.15) is 0 Å². The first-order valence-electron chi connectivity index (χ1n) is 11.5. The molecule has 0 unspecified atom stereocenters. The first-order chi connectivity index (χ1) is 15.2. The molecule has 0 spiro atoms. The van der Waals surface area contributed by atoms with Crippen molar-refractivity contribution in [1.82, 2.24) is 19.8 Å². The van der Waals surface area contributed by atoms with Gasteiger partial charge in [-0.1, -0.05) is 6.92 Å². The fourth-order valence-electron chi connectivity index (χ4n) is 4.35. The molecular formula is C23H33N5O3S. The molecule has 4 heterocycles. The van der Waals surface area contributed by atoms with Crippen LogP contribution in [-0.4, -0.2) is 76.6 Å². The van der Waals surface area contributed by atoms with Gasteiger partial charge in [-0.05, 0) is 46.1 Å². The van der Waals surface area contributed by atoms with Crippen LogP contribution in [0.4, 0.5) is 10.6 Å². The van der Waals surface area contributed by atoms with E-state index in [0.717, 1.165) is 35.5 Å². The van der Waals surface area contributed by atoms with Crippen molar-refractivity contribution in [2.75, 3.05) is 44.2 Å². The van der Waals surface area contributed by atoms with Gasteiger partial charge in [0.25, 0.3) is 0 Å². The molecule has 32 heavy (non-hydrogen) atoms. The van der Waals surface area contributed by atoms with Crippen molar-refractivity contribution < 1.29 is 14.3 Å². The quantitative estimate of drug-likeness (QED) is 0.699. The summed E-state index contributed by atoms with van der Waals surface area (Å²) in [5, 5.41) is 1.11. The first kappa shape index (κ1) is 22.8. The predicted octanol–water partition coefficient (Wildman–Crippen LogP) is 3.55. The van der Waals surface area contributed by atoms with Gasteiger partial charge in [0.15, 0.2) is 0 Å². The van der Waals surface area contributed by atoms with Gasteiger partial charge in [0, 0.05) is 50.1 Å². The zero-order valence-corrected chi connectivity index (χ0v) is 20.3. The summed E-state index contributed by atoms with van der Waals surface area (Å²) in [5.74, 6) is 1.17. The molecule has 0 N–H and O–H groups in total. The van der Waals surface area contributed by atoms with Crippen LogP contribution in [0.25, 0.3) is 10.2 Å². The van der Waals surface area contributed by atoms with Crippen LogP contribution in [0.15, 0.2) is 12.4 Å². The maximum atomic E-state index is 13.1. The lowest BCUT2D eigenvalue weighted by Gasteiger charge is -2.39. The summed E-state index contributed by atoms with van der Waals surface area (Å²) in [6.45, 7) is 11.8. The van der Waals surface area contributed by atoms with E-state index in [1.165, 1.54) is 4.88 Å².